The van der Waals surface area contributed by atoms with Gasteiger partial charge in [-0.15, -0.1) is 0 Å². The second-order valence-corrected chi connectivity index (χ2v) is 1.58. The van der Waals surface area contributed by atoms with Gasteiger partial charge in [-0.2, -0.15) is 22.0 Å². The summed E-state index contributed by atoms with van der Waals surface area (Å²) in [6, 6.07) is 0. The lowest BCUT2D eigenvalue weighted by molar-refractivity contribution is -0.0844. The molecule has 0 aromatic carbocycles. The molecule has 0 rings (SSSR count). The molecule has 0 nitrogen and oxygen atoms in total. The molecule has 0 spiro atoms. The van der Waals surface area contributed by atoms with Crippen molar-refractivity contribution in [3.63, 3.8) is 0 Å². The zero-order valence-electron chi connectivity index (χ0n) is 4.27. The summed E-state index contributed by atoms with van der Waals surface area (Å²) in [4.78, 5) is 0. The molecule has 0 atom stereocenters. The number of rotatable bonds is 0. The average Bonchev–Trinajstić information content (AvgIpc) is 1.60. The van der Waals surface area contributed by atoms with E-state index in [2.05, 4.69) is 11.6 Å². The van der Waals surface area contributed by atoms with Gasteiger partial charge in [0.1, 0.15) is 0 Å². The molecule has 0 aliphatic carbocycles. The first kappa shape index (κ1) is 9.46. The van der Waals surface area contributed by atoms with Crippen molar-refractivity contribution in [1.29, 1.82) is 0 Å². The van der Waals surface area contributed by atoms with Crippen LogP contribution in [0.2, 0.25) is 0 Å². The van der Waals surface area contributed by atoms with Crippen molar-refractivity contribution in [1.82, 2.24) is 0 Å². The number of hydrogen-bond acceptors (Lipinski definition) is 0. The van der Waals surface area contributed by atoms with Crippen molar-refractivity contribution in [3.8, 4) is 0 Å². The molecule has 0 radical (unpaired) electrons. The molecule has 58 valence electrons. The van der Waals surface area contributed by atoms with Gasteiger partial charge in [0.2, 0.25) is 0 Å². The summed E-state index contributed by atoms with van der Waals surface area (Å²) in [5.74, 6) is 0. The fourth-order valence-corrected chi connectivity index (χ4v) is 0.225. The Hall–Kier alpha value is -0.540. The minimum absolute atomic E-state index is 0.623. The van der Waals surface area contributed by atoms with Crippen LogP contribution < -0.4 is 0 Å². The Labute approximate surface area is 57.6 Å². The predicted octanol–water partition coefficient (Wildman–Crippen LogP) is 3.05. The van der Waals surface area contributed by atoms with Crippen molar-refractivity contribution >= 4 is 11.6 Å². The maximum absolute atomic E-state index is 11.2. The molecule has 0 aliphatic rings. The van der Waals surface area contributed by atoms with Crippen molar-refractivity contribution in [2.45, 2.75) is 6.18 Å². The molecule has 0 fully saturated rings. The molecule has 6 heteroatoms. The standard InChI is InChI=1S/C4ClF5/c5-2(1-3(6)7)4(8,9)10. The summed E-state index contributed by atoms with van der Waals surface area (Å²) < 4.78 is 55.7. The quantitative estimate of drug-likeness (QED) is 0.395. The maximum Gasteiger partial charge on any atom is 0.434 e. The van der Waals surface area contributed by atoms with E-state index in [-0.39, 0.29) is 0 Å². The van der Waals surface area contributed by atoms with Gasteiger partial charge in [0.15, 0.2) is 5.03 Å². The van der Waals surface area contributed by atoms with Gasteiger partial charge in [0, 0.05) is 0 Å². The molecule has 0 N–H and O–H groups in total. The van der Waals surface area contributed by atoms with E-state index in [9.17, 15) is 22.0 Å². The first-order valence-electron chi connectivity index (χ1n) is 1.88. The summed E-state index contributed by atoms with van der Waals surface area (Å²) in [7, 11) is 0. The first-order valence-corrected chi connectivity index (χ1v) is 2.26. The Balaban J connectivity index is 4.69. The topological polar surface area (TPSA) is 0 Å². The van der Waals surface area contributed by atoms with E-state index in [1.807, 2.05) is 0 Å². The van der Waals surface area contributed by atoms with Crippen LogP contribution in [-0.4, -0.2) is 6.18 Å². The lowest BCUT2D eigenvalue weighted by atomic mass is 10.6. The smallest absolute Gasteiger partial charge is 0.165 e. The highest BCUT2D eigenvalue weighted by atomic mass is 35.5. The van der Waals surface area contributed by atoms with E-state index in [1.54, 1.807) is 0 Å². The van der Waals surface area contributed by atoms with Gasteiger partial charge >= 0.3 is 12.3 Å². The minimum atomic E-state index is -4.94. The van der Waals surface area contributed by atoms with Crippen molar-refractivity contribution < 1.29 is 22.0 Å². The largest absolute Gasteiger partial charge is 0.434 e. The van der Waals surface area contributed by atoms with Crippen LogP contribution >= 0.6 is 11.6 Å². The number of halogens is 6. The summed E-state index contributed by atoms with van der Waals surface area (Å²) in [5.41, 5.74) is 0.623. The molecule has 10 heavy (non-hydrogen) atoms. The Morgan fingerprint density at radius 2 is 1.60 bits per heavy atom. The van der Waals surface area contributed by atoms with Crippen molar-refractivity contribution in [3.05, 3.63) is 16.8 Å². The summed E-state index contributed by atoms with van der Waals surface area (Å²) in [6.07, 6.45) is -7.53. The van der Waals surface area contributed by atoms with Gasteiger partial charge in [-0.05, 0) is 5.73 Å². The van der Waals surface area contributed by atoms with Crippen LogP contribution in [0.15, 0.2) is 16.8 Å². The van der Waals surface area contributed by atoms with E-state index < -0.39 is 17.3 Å². The van der Waals surface area contributed by atoms with E-state index in [0.29, 0.717) is 5.73 Å². The zero-order chi connectivity index (χ0) is 8.36. The van der Waals surface area contributed by atoms with Crippen molar-refractivity contribution in [2.75, 3.05) is 0 Å². The van der Waals surface area contributed by atoms with E-state index >= 15 is 0 Å². The van der Waals surface area contributed by atoms with E-state index in [1.165, 1.54) is 0 Å². The Morgan fingerprint density at radius 3 is 1.70 bits per heavy atom. The molecule has 0 aromatic rings. The Morgan fingerprint density at radius 1 is 1.20 bits per heavy atom. The highest BCUT2D eigenvalue weighted by Crippen LogP contribution is 2.27. The van der Waals surface area contributed by atoms with Gasteiger partial charge in [-0.25, -0.2) is 0 Å². The second kappa shape index (κ2) is 3.03. The van der Waals surface area contributed by atoms with Gasteiger partial charge in [-0.1, -0.05) is 11.6 Å². The fraction of sp³-hybridized carbons (Fsp3) is 0.250. The molecule has 0 amide bonds. The fourth-order valence-electron chi connectivity index (χ4n) is 0.154. The SMILES string of the molecule is FC(F)=C=C(Cl)C(F)(F)F. The molecule has 0 saturated heterocycles. The highest BCUT2D eigenvalue weighted by Gasteiger charge is 2.32. The van der Waals surface area contributed by atoms with Crippen LogP contribution in [0.3, 0.4) is 0 Å². The first-order chi connectivity index (χ1) is 4.34. The molecular formula is C4ClF5. The summed E-state index contributed by atoms with van der Waals surface area (Å²) in [5, 5.41) is -1.95. The van der Waals surface area contributed by atoms with Crippen LogP contribution in [0.5, 0.6) is 0 Å². The van der Waals surface area contributed by atoms with Crippen LogP contribution in [0.25, 0.3) is 0 Å². The summed E-state index contributed by atoms with van der Waals surface area (Å²) in [6.45, 7) is 0. The zero-order valence-corrected chi connectivity index (χ0v) is 5.02. The monoisotopic (exact) mass is 178 g/mol. The second-order valence-electron chi connectivity index (χ2n) is 1.20. The maximum atomic E-state index is 11.2. The van der Waals surface area contributed by atoms with Gasteiger partial charge in [-0.3, -0.25) is 0 Å². The lowest BCUT2D eigenvalue weighted by Gasteiger charge is -1.98. The number of hydrogen-bond donors (Lipinski definition) is 0. The third-order valence-electron chi connectivity index (χ3n) is 0.453. The minimum Gasteiger partial charge on any atom is -0.165 e. The Bertz CT molecular complexity index is 180. The van der Waals surface area contributed by atoms with Gasteiger partial charge in [0.25, 0.3) is 0 Å². The third kappa shape index (κ3) is 3.48. The molecule has 0 aromatic heterocycles. The molecule has 0 unspecified atom stereocenters. The van der Waals surface area contributed by atoms with Crippen LogP contribution in [0.4, 0.5) is 22.0 Å². The molecule has 0 aliphatic heterocycles. The average molecular weight is 178 g/mol. The lowest BCUT2D eigenvalue weighted by Crippen LogP contribution is -2.05. The normalized spacial score (nSPS) is 10.6. The predicted molar refractivity (Wildman–Crippen MR) is 24.7 cm³/mol. The van der Waals surface area contributed by atoms with Gasteiger partial charge < -0.3 is 0 Å². The van der Waals surface area contributed by atoms with E-state index in [4.69, 9.17) is 0 Å². The molecule has 0 saturated carbocycles. The number of allylic oxidation sites excluding steroid dienone is 1. The number of alkyl halides is 3. The van der Waals surface area contributed by atoms with Crippen LogP contribution in [0.1, 0.15) is 0 Å². The van der Waals surface area contributed by atoms with E-state index in [0.717, 1.165) is 0 Å². The molecule has 0 bridgehead atoms. The van der Waals surface area contributed by atoms with Crippen molar-refractivity contribution in [2.24, 2.45) is 0 Å². The third-order valence-corrected chi connectivity index (χ3v) is 0.762. The molecular weight excluding hydrogens is 178 g/mol. The van der Waals surface area contributed by atoms with Gasteiger partial charge in [0.05, 0.1) is 0 Å². The molecule has 0 heterocycles. The van der Waals surface area contributed by atoms with Crippen LogP contribution in [-0.2, 0) is 0 Å². The van der Waals surface area contributed by atoms with Crippen LogP contribution in [0, 0.1) is 0 Å². The Kier molecular flexibility index (Phi) is 2.87. The summed E-state index contributed by atoms with van der Waals surface area (Å²) >= 11 is 4.33. The highest BCUT2D eigenvalue weighted by molar-refractivity contribution is 6.30.